The number of rotatable bonds is 9. The van der Waals surface area contributed by atoms with E-state index in [2.05, 4.69) is 15.9 Å². The molecule has 0 fully saturated rings. The number of halogens is 1. The molecule has 0 aliphatic carbocycles. The van der Waals surface area contributed by atoms with Crippen molar-refractivity contribution in [2.45, 2.75) is 26.6 Å². The van der Waals surface area contributed by atoms with Crippen LogP contribution in [0.5, 0.6) is 0 Å². The average molecular weight is 541 g/mol. The molecule has 1 aromatic heterocycles. The summed E-state index contributed by atoms with van der Waals surface area (Å²) in [7, 11) is -3.20. The van der Waals surface area contributed by atoms with Crippen LogP contribution in [0.4, 0.5) is 0 Å². The van der Waals surface area contributed by atoms with Crippen LogP contribution in [0.1, 0.15) is 25.0 Å². The zero-order valence-corrected chi connectivity index (χ0v) is 21.6. The van der Waals surface area contributed by atoms with E-state index in [1.54, 1.807) is 24.5 Å². The van der Waals surface area contributed by atoms with Crippen molar-refractivity contribution in [3.63, 3.8) is 0 Å². The highest BCUT2D eigenvalue weighted by Crippen LogP contribution is 2.51. The molecular weight excluding hydrogens is 515 g/mol. The lowest BCUT2D eigenvalue weighted by molar-refractivity contribution is 0.219. The zero-order chi connectivity index (χ0) is 24.1. The fourth-order valence-electron chi connectivity index (χ4n) is 3.83. The van der Waals surface area contributed by atoms with Gasteiger partial charge in [0.25, 0.3) is 5.56 Å². The van der Waals surface area contributed by atoms with Crippen molar-refractivity contribution in [2.24, 2.45) is 0 Å². The van der Waals surface area contributed by atoms with Gasteiger partial charge >= 0.3 is 7.60 Å². The molecule has 0 bridgehead atoms. The van der Waals surface area contributed by atoms with Gasteiger partial charge in [-0.15, -0.1) is 0 Å². The molecule has 0 aliphatic heterocycles. The van der Waals surface area contributed by atoms with Gasteiger partial charge in [0.15, 0.2) is 0 Å². The van der Waals surface area contributed by atoms with E-state index in [0.29, 0.717) is 36.5 Å². The summed E-state index contributed by atoms with van der Waals surface area (Å²) in [6.45, 7) is 4.63. The van der Waals surface area contributed by atoms with Gasteiger partial charge in [0.05, 0.1) is 36.8 Å². The van der Waals surface area contributed by atoms with Gasteiger partial charge in [0, 0.05) is 10.0 Å². The molecule has 0 spiro atoms. The third-order valence-electron chi connectivity index (χ3n) is 5.34. The van der Waals surface area contributed by atoms with Gasteiger partial charge in [-0.2, -0.15) is 0 Å². The van der Waals surface area contributed by atoms with Gasteiger partial charge in [0.2, 0.25) is 0 Å². The standard InChI is InChI=1S/C26H26BrN2O4P/c1-3-32-34(31,33-4-2)18-20-10-12-21(13-11-20)25-28-24-15-14-22(27)16-23(24)26(30)29(25)17-19-8-6-5-7-9-19/h5-16H,3-4,17-18H2,1-2H3. The van der Waals surface area contributed by atoms with Crippen LogP contribution in [0.25, 0.3) is 22.3 Å². The summed E-state index contributed by atoms with van der Waals surface area (Å²) >= 11 is 3.46. The number of nitrogens with zero attached hydrogens (tertiary/aromatic N) is 2. The third-order valence-corrected chi connectivity index (χ3v) is 7.89. The van der Waals surface area contributed by atoms with Crippen molar-refractivity contribution >= 4 is 34.4 Å². The minimum absolute atomic E-state index is 0.105. The molecule has 8 heteroatoms. The van der Waals surface area contributed by atoms with Gasteiger partial charge in [0.1, 0.15) is 5.82 Å². The van der Waals surface area contributed by atoms with Crippen molar-refractivity contribution in [1.82, 2.24) is 9.55 Å². The smallest absolute Gasteiger partial charge is 0.309 e. The lowest BCUT2D eigenvalue weighted by Crippen LogP contribution is -2.24. The van der Waals surface area contributed by atoms with Crippen molar-refractivity contribution < 1.29 is 13.6 Å². The van der Waals surface area contributed by atoms with E-state index in [1.807, 2.05) is 66.7 Å². The van der Waals surface area contributed by atoms with E-state index in [4.69, 9.17) is 14.0 Å². The molecule has 0 aliphatic rings. The van der Waals surface area contributed by atoms with Crippen molar-refractivity contribution in [3.8, 4) is 11.4 Å². The summed E-state index contributed by atoms with van der Waals surface area (Å²) < 4.78 is 26.3. The van der Waals surface area contributed by atoms with Crippen LogP contribution in [-0.4, -0.2) is 22.8 Å². The van der Waals surface area contributed by atoms with Crippen LogP contribution < -0.4 is 5.56 Å². The van der Waals surface area contributed by atoms with Gasteiger partial charge in [-0.3, -0.25) is 13.9 Å². The molecule has 0 radical (unpaired) electrons. The molecule has 4 rings (SSSR count). The summed E-state index contributed by atoms with van der Waals surface area (Å²) in [5.74, 6) is 0.577. The maximum atomic E-state index is 13.5. The Balaban J connectivity index is 1.77. The highest BCUT2D eigenvalue weighted by Gasteiger charge is 2.24. The van der Waals surface area contributed by atoms with Gasteiger partial charge in [-0.05, 0) is 43.2 Å². The second-order valence-electron chi connectivity index (χ2n) is 7.78. The molecule has 3 aromatic carbocycles. The van der Waals surface area contributed by atoms with E-state index in [1.165, 1.54) is 0 Å². The SMILES string of the molecule is CCOP(=O)(Cc1ccc(-c2nc3ccc(Br)cc3c(=O)n2Cc2ccccc2)cc1)OCC. The highest BCUT2D eigenvalue weighted by molar-refractivity contribution is 9.10. The summed E-state index contributed by atoms with van der Waals surface area (Å²) in [5.41, 5.74) is 3.16. The summed E-state index contributed by atoms with van der Waals surface area (Å²) in [5, 5.41) is 0.556. The molecule has 0 atom stereocenters. The first-order valence-corrected chi connectivity index (χ1v) is 13.7. The number of hydrogen-bond donors (Lipinski definition) is 0. The van der Waals surface area contributed by atoms with Crippen LogP contribution in [-0.2, 0) is 26.3 Å². The number of benzene rings is 3. The Hall–Kier alpha value is -2.57. The number of hydrogen-bond acceptors (Lipinski definition) is 5. The van der Waals surface area contributed by atoms with Gasteiger partial charge in [-0.25, -0.2) is 4.98 Å². The second kappa shape index (κ2) is 10.8. The first-order chi connectivity index (χ1) is 16.4. The van der Waals surface area contributed by atoms with Crippen LogP contribution >= 0.6 is 23.5 Å². The maximum absolute atomic E-state index is 13.5. The summed E-state index contributed by atoms with van der Waals surface area (Å²) in [4.78, 5) is 18.4. The minimum Gasteiger partial charge on any atom is -0.309 e. The topological polar surface area (TPSA) is 70.4 Å². The third kappa shape index (κ3) is 5.56. The Morgan fingerprint density at radius 2 is 1.59 bits per heavy atom. The molecule has 0 saturated heterocycles. The first kappa shape index (κ1) is 24.6. The molecular formula is C26H26BrN2O4P. The Morgan fingerprint density at radius 1 is 0.912 bits per heavy atom. The van der Waals surface area contributed by atoms with E-state index < -0.39 is 7.60 Å². The van der Waals surface area contributed by atoms with E-state index >= 15 is 0 Å². The van der Waals surface area contributed by atoms with Crippen molar-refractivity contribution in [3.05, 3.63) is 98.7 Å². The molecule has 176 valence electrons. The number of aromatic nitrogens is 2. The molecule has 0 unspecified atom stereocenters. The lowest BCUT2D eigenvalue weighted by Gasteiger charge is -2.17. The Kier molecular flexibility index (Phi) is 7.79. The monoisotopic (exact) mass is 540 g/mol. The minimum atomic E-state index is -3.20. The Morgan fingerprint density at radius 3 is 2.24 bits per heavy atom. The second-order valence-corrected chi connectivity index (χ2v) is 10.7. The normalized spacial score (nSPS) is 11.7. The molecule has 0 amide bonds. The van der Waals surface area contributed by atoms with Crippen LogP contribution in [0.15, 0.2) is 82.1 Å². The largest absolute Gasteiger partial charge is 0.335 e. The van der Waals surface area contributed by atoms with Crippen LogP contribution in [0.2, 0.25) is 0 Å². The van der Waals surface area contributed by atoms with Crippen molar-refractivity contribution in [1.29, 1.82) is 0 Å². The summed E-state index contributed by atoms with van der Waals surface area (Å²) in [6, 6.07) is 22.9. The fraction of sp³-hybridized carbons (Fsp3) is 0.231. The lowest BCUT2D eigenvalue weighted by atomic mass is 10.1. The summed E-state index contributed by atoms with van der Waals surface area (Å²) in [6.07, 6.45) is 0.185. The maximum Gasteiger partial charge on any atom is 0.335 e. The molecule has 6 nitrogen and oxygen atoms in total. The Bertz CT molecular complexity index is 1380. The highest BCUT2D eigenvalue weighted by atomic mass is 79.9. The Labute approximate surface area is 207 Å². The number of fused-ring (bicyclic) bond motifs is 1. The predicted molar refractivity (Wildman–Crippen MR) is 139 cm³/mol. The van der Waals surface area contributed by atoms with Gasteiger partial charge in [-0.1, -0.05) is 70.5 Å². The van der Waals surface area contributed by atoms with Crippen LogP contribution in [0.3, 0.4) is 0 Å². The zero-order valence-electron chi connectivity index (χ0n) is 19.1. The quantitative estimate of drug-likeness (QED) is 0.222. The molecule has 0 saturated carbocycles. The van der Waals surface area contributed by atoms with E-state index in [9.17, 15) is 9.36 Å². The van der Waals surface area contributed by atoms with E-state index in [-0.39, 0.29) is 11.7 Å². The average Bonchev–Trinajstić information content (AvgIpc) is 2.82. The van der Waals surface area contributed by atoms with Crippen LogP contribution in [0, 0.1) is 0 Å². The molecule has 4 aromatic rings. The van der Waals surface area contributed by atoms with Gasteiger partial charge < -0.3 is 9.05 Å². The molecule has 34 heavy (non-hydrogen) atoms. The first-order valence-electron chi connectivity index (χ1n) is 11.1. The molecule has 0 N–H and O–H groups in total. The van der Waals surface area contributed by atoms with E-state index in [0.717, 1.165) is 21.2 Å². The predicted octanol–water partition coefficient (Wildman–Crippen LogP) is 6.64. The van der Waals surface area contributed by atoms with Crippen molar-refractivity contribution in [2.75, 3.05) is 13.2 Å². The fourth-order valence-corrected chi connectivity index (χ4v) is 5.89. The molecule has 1 heterocycles.